The molecule has 2 saturated heterocycles. The lowest BCUT2D eigenvalue weighted by Gasteiger charge is -2.48. The van der Waals surface area contributed by atoms with Crippen molar-refractivity contribution >= 4 is 5.91 Å². The molecule has 0 saturated carbocycles. The van der Waals surface area contributed by atoms with E-state index in [-0.39, 0.29) is 0 Å². The zero-order valence-electron chi connectivity index (χ0n) is 15.5. The maximum absolute atomic E-state index is 12.0. The van der Waals surface area contributed by atoms with Crippen LogP contribution in [0.3, 0.4) is 0 Å². The number of amides is 1. The van der Waals surface area contributed by atoms with Gasteiger partial charge in [0.15, 0.2) is 0 Å². The number of carbonyl (C=O) groups excluding carboxylic acids is 1. The number of benzene rings is 1. The van der Waals surface area contributed by atoms with Crippen molar-refractivity contribution in [3.63, 3.8) is 0 Å². The second-order valence-electron chi connectivity index (χ2n) is 7.31. The van der Waals surface area contributed by atoms with Gasteiger partial charge in [0.05, 0.1) is 7.11 Å². The van der Waals surface area contributed by atoms with E-state index in [4.69, 9.17) is 9.47 Å². The lowest BCUT2D eigenvalue weighted by molar-refractivity contribution is -0.139. The molecule has 2 aliphatic heterocycles. The van der Waals surface area contributed by atoms with Crippen LogP contribution in [-0.4, -0.2) is 62.1 Å². The van der Waals surface area contributed by atoms with Crippen molar-refractivity contribution < 1.29 is 14.3 Å². The molecule has 1 aromatic rings. The van der Waals surface area contributed by atoms with E-state index in [9.17, 15) is 4.79 Å². The van der Waals surface area contributed by atoms with E-state index in [0.29, 0.717) is 24.3 Å². The van der Waals surface area contributed by atoms with Crippen LogP contribution in [0.5, 0.6) is 11.5 Å². The predicted octanol–water partition coefficient (Wildman–Crippen LogP) is 2.80. The van der Waals surface area contributed by atoms with Crippen molar-refractivity contribution in [2.45, 2.75) is 32.6 Å². The molecule has 1 spiro atoms. The fourth-order valence-corrected chi connectivity index (χ4v) is 4.19. The summed E-state index contributed by atoms with van der Waals surface area (Å²) in [7, 11) is 1.67. The lowest BCUT2D eigenvalue weighted by atomic mass is 9.73. The largest absolute Gasteiger partial charge is 0.497 e. The number of likely N-dealkylation sites (tertiary alicyclic amines) is 2. The molecule has 3 rings (SSSR count). The zero-order valence-corrected chi connectivity index (χ0v) is 15.5. The summed E-state index contributed by atoms with van der Waals surface area (Å²) in [6, 6.07) is 7.73. The van der Waals surface area contributed by atoms with Crippen LogP contribution >= 0.6 is 0 Å². The predicted molar refractivity (Wildman–Crippen MR) is 98.1 cm³/mol. The Morgan fingerprint density at radius 1 is 1.12 bits per heavy atom. The van der Waals surface area contributed by atoms with Gasteiger partial charge in [-0.15, -0.1) is 0 Å². The van der Waals surface area contributed by atoms with E-state index < -0.39 is 0 Å². The highest BCUT2D eigenvalue weighted by Gasteiger charge is 2.41. The molecule has 2 fully saturated rings. The van der Waals surface area contributed by atoms with Gasteiger partial charge in [-0.2, -0.15) is 0 Å². The number of hydrogen-bond acceptors (Lipinski definition) is 4. The van der Waals surface area contributed by atoms with Crippen molar-refractivity contribution in [3.8, 4) is 11.5 Å². The summed E-state index contributed by atoms with van der Waals surface area (Å²) in [4.78, 5) is 16.5. The summed E-state index contributed by atoms with van der Waals surface area (Å²) >= 11 is 0. The third kappa shape index (κ3) is 4.46. The Kier molecular flexibility index (Phi) is 5.84. The molecule has 138 valence electrons. The van der Waals surface area contributed by atoms with Crippen LogP contribution in [0, 0.1) is 5.41 Å². The second kappa shape index (κ2) is 8.09. The third-order valence-corrected chi connectivity index (χ3v) is 5.61. The van der Waals surface area contributed by atoms with Crippen molar-refractivity contribution in [3.05, 3.63) is 24.3 Å². The van der Waals surface area contributed by atoms with Gasteiger partial charge in [0.25, 0.3) is 0 Å². The number of hydrogen-bond donors (Lipinski definition) is 0. The van der Waals surface area contributed by atoms with Gasteiger partial charge in [-0.25, -0.2) is 0 Å². The SMILES string of the molecule is CCN1C[C@@]2(CCCN(CCOc3ccc(OC)cc3)C2)CCC1=O. The van der Waals surface area contributed by atoms with Gasteiger partial charge in [0.1, 0.15) is 18.1 Å². The Bertz CT molecular complexity index is 575. The van der Waals surface area contributed by atoms with Crippen LogP contribution < -0.4 is 9.47 Å². The minimum Gasteiger partial charge on any atom is -0.497 e. The Labute approximate surface area is 150 Å². The van der Waals surface area contributed by atoms with E-state index in [2.05, 4.69) is 11.8 Å². The molecule has 0 radical (unpaired) electrons. The van der Waals surface area contributed by atoms with Crippen molar-refractivity contribution in [1.29, 1.82) is 0 Å². The first-order valence-corrected chi connectivity index (χ1v) is 9.41. The molecule has 25 heavy (non-hydrogen) atoms. The summed E-state index contributed by atoms with van der Waals surface area (Å²) in [6.45, 7) is 7.70. The topological polar surface area (TPSA) is 42.0 Å². The van der Waals surface area contributed by atoms with Gasteiger partial charge in [-0.05, 0) is 57.0 Å². The smallest absolute Gasteiger partial charge is 0.222 e. The highest BCUT2D eigenvalue weighted by molar-refractivity contribution is 5.77. The molecule has 0 N–H and O–H groups in total. The van der Waals surface area contributed by atoms with Gasteiger partial charge in [-0.3, -0.25) is 9.69 Å². The van der Waals surface area contributed by atoms with Crippen LogP contribution in [-0.2, 0) is 4.79 Å². The van der Waals surface area contributed by atoms with Crippen molar-refractivity contribution in [2.75, 3.05) is 46.4 Å². The van der Waals surface area contributed by atoms with Crippen LogP contribution in [0.25, 0.3) is 0 Å². The molecule has 5 nitrogen and oxygen atoms in total. The summed E-state index contributed by atoms with van der Waals surface area (Å²) in [6.07, 6.45) is 4.21. The van der Waals surface area contributed by atoms with E-state index in [1.165, 1.54) is 12.8 Å². The molecule has 1 atom stereocenters. The quantitative estimate of drug-likeness (QED) is 0.794. The number of piperidine rings is 2. The van der Waals surface area contributed by atoms with Gasteiger partial charge in [0, 0.05) is 38.0 Å². The Morgan fingerprint density at radius 2 is 1.88 bits per heavy atom. The highest BCUT2D eigenvalue weighted by atomic mass is 16.5. The third-order valence-electron chi connectivity index (χ3n) is 5.61. The molecular formula is C20H30N2O3. The maximum atomic E-state index is 12.0. The molecule has 1 aromatic carbocycles. The minimum atomic E-state index is 0.294. The van der Waals surface area contributed by atoms with Crippen LogP contribution in [0.1, 0.15) is 32.6 Å². The standard InChI is InChI=1S/C20H30N2O3/c1-3-22-16-20(11-9-19(22)23)10-4-12-21(15-20)13-14-25-18-7-5-17(24-2)6-8-18/h5-8H,3-4,9-16H2,1-2H3/t20-/m0/s1. The molecule has 5 heteroatoms. The van der Waals surface area contributed by atoms with Gasteiger partial charge in [-0.1, -0.05) is 0 Å². The van der Waals surface area contributed by atoms with Gasteiger partial charge >= 0.3 is 0 Å². The normalized spacial score (nSPS) is 24.6. The first-order valence-electron chi connectivity index (χ1n) is 9.41. The Hall–Kier alpha value is -1.75. The van der Waals surface area contributed by atoms with Crippen LogP contribution in [0.2, 0.25) is 0 Å². The molecule has 1 amide bonds. The first-order chi connectivity index (χ1) is 12.1. The zero-order chi connectivity index (χ0) is 17.7. The molecule has 0 aromatic heterocycles. The first kappa shape index (κ1) is 18.1. The number of carbonyl (C=O) groups is 1. The fourth-order valence-electron chi connectivity index (χ4n) is 4.19. The molecule has 0 bridgehead atoms. The molecule has 0 aliphatic carbocycles. The van der Waals surface area contributed by atoms with Crippen molar-refractivity contribution in [2.24, 2.45) is 5.41 Å². The van der Waals surface area contributed by atoms with E-state index in [0.717, 1.165) is 50.6 Å². The summed E-state index contributed by atoms with van der Waals surface area (Å²) < 4.78 is 11.0. The van der Waals surface area contributed by atoms with E-state index in [1.807, 2.05) is 29.2 Å². The number of rotatable bonds is 6. The van der Waals surface area contributed by atoms with Crippen LogP contribution in [0.4, 0.5) is 0 Å². The lowest BCUT2D eigenvalue weighted by Crippen LogP contribution is -2.54. The Balaban J connectivity index is 1.49. The van der Waals surface area contributed by atoms with E-state index in [1.54, 1.807) is 7.11 Å². The van der Waals surface area contributed by atoms with Gasteiger partial charge in [0.2, 0.25) is 5.91 Å². The Morgan fingerprint density at radius 3 is 2.60 bits per heavy atom. The fraction of sp³-hybridized carbons (Fsp3) is 0.650. The monoisotopic (exact) mass is 346 g/mol. The minimum absolute atomic E-state index is 0.294. The summed E-state index contributed by atoms with van der Waals surface area (Å²) in [5.41, 5.74) is 0.294. The maximum Gasteiger partial charge on any atom is 0.222 e. The number of ether oxygens (including phenoxy) is 2. The molecule has 2 aliphatic rings. The van der Waals surface area contributed by atoms with E-state index >= 15 is 0 Å². The van der Waals surface area contributed by atoms with Crippen molar-refractivity contribution in [1.82, 2.24) is 9.80 Å². The summed E-state index contributed by atoms with van der Waals surface area (Å²) in [5.74, 6) is 2.05. The second-order valence-corrected chi connectivity index (χ2v) is 7.31. The molecule has 2 heterocycles. The highest BCUT2D eigenvalue weighted by Crippen LogP contribution is 2.38. The molecule has 0 unspecified atom stereocenters. The average Bonchev–Trinajstić information content (AvgIpc) is 2.65. The molecular weight excluding hydrogens is 316 g/mol. The summed E-state index contributed by atoms with van der Waals surface area (Å²) in [5, 5.41) is 0. The van der Waals surface area contributed by atoms with Crippen LogP contribution in [0.15, 0.2) is 24.3 Å². The number of methoxy groups -OCH3 is 1. The van der Waals surface area contributed by atoms with Gasteiger partial charge < -0.3 is 14.4 Å². The number of nitrogens with zero attached hydrogens (tertiary/aromatic N) is 2. The average molecular weight is 346 g/mol.